The maximum absolute atomic E-state index is 10.8. The molecule has 0 aromatic carbocycles. The second-order valence-electron chi connectivity index (χ2n) is 3.54. The van der Waals surface area contributed by atoms with Crippen LogP contribution in [0.4, 0.5) is 0 Å². The summed E-state index contributed by atoms with van der Waals surface area (Å²) in [5.41, 5.74) is 5.56. The predicted molar refractivity (Wildman–Crippen MR) is 49.6 cm³/mol. The van der Waals surface area contributed by atoms with Crippen molar-refractivity contribution in [2.75, 3.05) is 6.61 Å². The lowest BCUT2D eigenvalue weighted by Crippen LogP contribution is -2.66. The molecule has 0 aromatic heterocycles. The highest BCUT2D eigenvalue weighted by molar-refractivity contribution is 5.73. The summed E-state index contributed by atoms with van der Waals surface area (Å²) in [7, 11) is 0. The summed E-state index contributed by atoms with van der Waals surface area (Å²) >= 11 is 0. The number of aliphatic hydroxyl groups is 3. The maximum atomic E-state index is 10.8. The van der Waals surface area contributed by atoms with E-state index in [1.54, 1.807) is 0 Å². The van der Waals surface area contributed by atoms with Crippen molar-refractivity contribution in [3.05, 3.63) is 0 Å². The molecule has 7 heteroatoms. The Balaban J connectivity index is 2.70. The first-order valence-electron chi connectivity index (χ1n) is 4.62. The Hall–Kier alpha value is -0.730. The van der Waals surface area contributed by atoms with Crippen LogP contribution in [0.25, 0.3) is 0 Å². The number of hydrogen-bond acceptors (Lipinski definition) is 6. The van der Waals surface area contributed by atoms with Crippen LogP contribution in [-0.4, -0.2) is 58.4 Å². The molecule has 4 unspecified atom stereocenters. The van der Waals surface area contributed by atoms with Gasteiger partial charge in [0.15, 0.2) is 6.29 Å². The zero-order chi connectivity index (χ0) is 11.6. The van der Waals surface area contributed by atoms with Gasteiger partial charge in [0.05, 0.1) is 18.8 Å². The van der Waals surface area contributed by atoms with Crippen LogP contribution in [0.1, 0.15) is 6.92 Å². The second-order valence-corrected chi connectivity index (χ2v) is 3.54. The Morgan fingerprint density at radius 1 is 1.53 bits per heavy atom. The minimum absolute atomic E-state index is 0.401. The first kappa shape index (κ1) is 12.3. The Morgan fingerprint density at radius 3 is 2.60 bits per heavy atom. The maximum Gasteiger partial charge on any atom is 0.217 e. The van der Waals surface area contributed by atoms with E-state index in [0.29, 0.717) is 0 Å². The fourth-order valence-corrected chi connectivity index (χ4v) is 1.54. The predicted octanol–water partition coefficient (Wildman–Crippen LogP) is -3.11. The highest BCUT2D eigenvalue weighted by Crippen LogP contribution is 2.18. The van der Waals surface area contributed by atoms with Crippen LogP contribution in [0.15, 0.2) is 0 Å². The van der Waals surface area contributed by atoms with Gasteiger partial charge in [-0.25, -0.2) is 0 Å². The number of carbonyl (C=O) groups is 1. The van der Waals surface area contributed by atoms with Crippen LogP contribution >= 0.6 is 0 Å². The summed E-state index contributed by atoms with van der Waals surface area (Å²) in [5, 5.41) is 30.3. The SMILES string of the molecule is CC(=O)N[C@@H]1C(O)OC(CO)C(N)C1O. The molecular weight excluding hydrogens is 204 g/mol. The summed E-state index contributed by atoms with van der Waals surface area (Å²) in [5.74, 6) is -0.406. The van der Waals surface area contributed by atoms with Gasteiger partial charge in [0, 0.05) is 6.92 Å². The van der Waals surface area contributed by atoms with E-state index in [4.69, 9.17) is 15.6 Å². The summed E-state index contributed by atoms with van der Waals surface area (Å²) < 4.78 is 4.94. The van der Waals surface area contributed by atoms with Crippen molar-refractivity contribution >= 4 is 5.91 Å². The molecule has 15 heavy (non-hydrogen) atoms. The van der Waals surface area contributed by atoms with Gasteiger partial charge in [-0.05, 0) is 0 Å². The lowest BCUT2D eigenvalue weighted by atomic mass is 9.95. The highest BCUT2D eigenvalue weighted by atomic mass is 16.6. The van der Waals surface area contributed by atoms with Crippen LogP contribution in [0, 0.1) is 0 Å². The molecule has 0 spiro atoms. The number of carbonyl (C=O) groups excluding carboxylic acids is 1. The van der Waals surface area contributed by atoms with Crippen LogP contribution < -0.4 is 11.1 Å². The number of aliphatic hydroxyl groups excluding tert-OH is 3. The van der Waals surface area contributed by atoms with Crippen molar-refractivity contribution in [1.82, 2.24) is 5.32 Å². The van der Waals surface area contributed by atoms with E-state index < -0.39 is 43.1 Å². The molecule has 1 saturated heterocycles. The van der Waals surface area contributed by atoms with Gasteiger partial charge in [-0.15, -0.1) is 0 Å². The van der Waals surface area contributed by atoms with E-state index in [0.717, 1.165) is 0 Å². The third-order valence-electron chi connectivity index (χ3n) is 2.36. The van der Waals surface area contributed by atoms with Gasteiger partial charge in [-0.2, -0.15) is 0 Å². The summed E-state index contributed by atoms with van der Waals surface area (Å²) in [4.78, 5) is 10.8. The van der Waals surface area contributed by atoms with Crippen LogP contribution in [-0.2, 0) is 9.53 Å². The van der Waals surface area contributed by atoms with E-state index in [-0.39, 0.29) is 0 Å². The molecule has 1 amide bonds. The lowest BCUT2D eigenvalue weighted by Gasteiger charge is -2.40. The normalized spacial score (nSPS) is 41.3. The molecule has 0 aromatic rings. The van der Waals surface area contributed by atoms with Gasteiger partial charge in [0.1, 0.15) is 12.1 Å². The first-order valence-corrected chi connectivity index (χ1v) is 4.62. The Labute approximate surface area is 86.8 Å². The average Bonchev–Trinajstić information content (AvgIpc) is 2.18. The molecule has 6 N–H and O–H groups in total. The molecule has 0 radical (unpaired) electrons. The lowest BCUT2D eigenvalue weighted by molar-refractivity contribution is -0.221. The van der Waals surface area contributed by atoms with E-state index in [1.165, 1.54) is 6.92 Å². The topological polar surface area (TPSA) is 125 Å². The minimum Gasteiger partial charge on any atom is -0.394 e. The zero-order valence-corrected chi connectivity index (χ0v) is 8.33. The van der Waals surface area contributed by atoms with Crippen molar-refractivity contribution in [3.63, 3.8) is 0 Å². The van der Waals surface area contributed by atoms with E-state index in [9.17, 15) is 15.0 Å². The van der Waals surface area contributed by atoms with Gasteiger partial charge < -0.3 is 31.1 Å². The molecule has 88 valence electrons. The Bertz CT molecular complexity index is 237. The number of amides is 1. The van der Waals surface area contributed by atoms with Gasteiger partial charge in [0.2, 0.25) is 5.91 Å². The van der Waals surface area contributed by atoms with Crippen LogP contribution in [0.2, 0.25) is 0 Å². The standard InChI is InChI=1S/C8H16N2O5/c1-3(12)10-6-7(13)5(9)4(2-11)15-8(6)14/h4-8,11,13-14H,2,9H2,1H3,(H,10,12)/t4?,5?,6-,7?,8?/m0/s1. The van der Waals surface area contributed by atoms with Crippen molar-refractivity contribution in [1.29, 1.82) is 0 Å². The molecule has 5 atom stereocenters. The van der Waals surface area contributed by atoms with Crippen molar-refractivity contribution in [3.8, 4) is 0 Å². The fraction of sp³-hybridized carbons (Fsp3) is 0.875. The quantitative estimate of drug-likeness (QED) is 0.335. The molecule has 1 rings (SSSR count). The van der Waals surface area contributed by atoms with Crippen molar-refractivity contribution < 1.29 is 24.9 Å². The Kier molecular flexibility index (Phi) is 4.00. The molecule has 0 saturated carbocycles. The minimum atomic E-state index is -1.37. The molecule has 1 aliphatic rings. The second kappa shape index (κ2) is 4.86. The number of rotatable bonds is 2. The van der Waals surface area contributed by atoms with Crippen molar-refractivity contribution in [2.45, 2.75) is 37.5 Å². The van der Waals surface area contributed by atoms with Gasteiger partial charge in [0.25, 0.3) is 0 Å². The summed E-state index contributed by atoms with van der Waals surface area (Å²) in [6.07, 6.45) is -3.37. The summed E-state index contributed by atoms with van der Waals surface area (Å²) in [6.45, 7) is 0.852. The Morgan fingerprint density at radius 2 is 2.13 bits per heavy atom. The molecule has 7 nitrogen and oxygen atoms in total. The van der Waals surface area contributed by atoms with Gasteiger partial charge in [-0.1, -0.05) is 0 Å². The fourth-order valence-electron chi connectivity index (χ4n) is 1.54. The van der Waals surface area contributed by atoms with Gasteiger partial charge in [-0.3, -0.25) is 4.79 Å². The monoisotopic (exact) mass is 220 g/mol. The van der Waals surface area contributed by atoms with E-state index in [1.807, 2.05) is 0 Å². The molecule has 0 bridgehead atoms. The molecule has 1 aliphatic heterocycles. The van der Waals surface area contributed by atoms with E-state index >= 15 is 0 Å². The number of hydrogen-bond donors (Lipinski definition) is 5. The number of ether oxygens (including phenoxy) is 1. The summed E-state index contributed by atoms with van der Waals surface area (Å²) in [6, 6.07) is -1.82. The zero-order valence-electron chi connectivity index (χ0n) is 8.33. The van der Waals surface area contributed by atoms with Crippen LogP contribution in [0.3, 0.4) is 0 Å². The first-order chi connectivity index (χ1) is 6.97. The highest BCUT2D eigenvalue weighted by Gasteiger charge is 2.42. The van der Waals surface area contributed by atoms with Crippen molar-refractivity contribution in [2.24, 2.45) is 5.73 Å². The van der Waals surface area contributed by atoms with Gasteiger partial charge >= 0.3 is 0 Å². The largest absolute Gasteiger partial charge is 0.394 e. The average molecular weight is 220 g/mol. The smallest absolute Gasteiger partial charge is 0.217 e. The van der Waals surface area contributed by atoms with E-state index in [2.05, 4.69) is 5.32 Å². The van der Waals surface area contributed by atoms with Crippen LogP contribution in [0.5, 0.6) is 0 Å². The third kappa shape index (κ3) is 2.64. The number of nitrogens with one attached hydrogen (secondary N) is 1. The molecule has 0 aliphatic carbocycles. The molecular formula is C8H16N2O5. The third-order valence-corrected chi connectivity index (χ3v) is 2.36. The molecule has 1 fully saturated rings. The molecule has 1 heterocycles. The number of nitrogens with two attached hydrogens (primary N) is 1.